The molecule has 0 saturated carbocycles. The van der Waals surface area contributed by atoms with Crippen LogP contribution in [0.1, 0.15) is 39.0 Å². The summed E-state index contributed by atoms with van der Waals surface area (Å²) in [5, 5.41) is 0. The quantitative estimate of drug-likeness (QED) is 0.405. The van der Waals surface area contributed by atoms with E-state index in [0.29, 0.717) is 6.42 Å². The van der Waals surface area contributed by atoms with Crippen molar-refractivity contribution < 1.29 is 13.0 Å². The van der Waals surface area contributed by atoms with Gasteiger partial charge in [-0.2, -0.15) is 8.42 Å². The Morgan fingerprint density at radius 1 is 1.08 bits per heavy atom. The van der Waals surface area contributed by atoms with Crippen molar-refractivity contribution in [1.82, 2.24) is 0 Å². The molecule has 5 heteroatoms. The van der Waals surface area contributed by atoms with Crippen LogP contribution in [-0.2, 0) is 10.1 Å². The third kappa shape index (κ3) is 13.3. The van der Waals surface area contributed by atoms with Crippen LogP contribution in [0, 0.1) is 0 Å². The van der Waals surface area contributed by atoms with Crippen LogP contribution >= 0.6 is 0 Å². The van der Waals surface area contributed by atoms with Crippen molar-refractivity contribution in [2.75, 3.05) is 5.75 Å². The fourth-order valence-corrected chi connectivity index (χ4v) is 1.46. The molecule has 0 aliphatic heterocycles. The van der Waals surface area contributed by atoms with Crippen LogP contribution in [-0.4, -0.2) is 41.8 Å². The minimum absolute atomic E-state index is 0. The summed E-state index contributed by atoms with van der Waals surface area (Å²) in [4.78, 5) is 0. The van der Waals surface area contributed by atoms with Crippen molar-refractivity contribution in [2.45, 2.75) is 39.0 Å². The smallest absolute Gasteiger partial charge is 0.286 e. The van der Waals surface area contributed by atoms with Crippen molar-refractivity contribution in [3.63, 3.8) is 0 Å². The molecule has 3 nitrogen and oxygen atoms in total. The molecule has 1 N–H and O–H groups in total. The van der Waals surface area contributed by atoms with Gasteiger partial charge in [0.05, 0.1) is 5.75 Å². The predicted octanol–water partition coefficient (Wildman–Crippen LogP) is 1.46. The van der Waals surface area contributed by atoms with E-state index in [2.05, 4.69) is 6.92 Å². The summed E-state index contributed by atoms with van der Waals surface area (Å²) < 4.78 is 28.8. The van der Waals surface area contributed by atoms with E-state index in [1.54, 1.807) is 0 Å². The second kappa shape index (κ2) is 8.28. The molecule has 0 aromatic rings. The summed E-state index contributed by atoms with van der Waals surface area (Å²) in [5.41, 5.74) is 0. The molecule has 0 radical (unpaired) electrons. The van der Waals surface area contributed by atoms with E-state index in [-0.39, 0.29) is 28.8 Å². The molecule has 68 valence electrons. The molecule has 0 amide bonds. The van der Waals surface area contributed by atoms with Gasteiger partial charge < -0.3 is 0 Å². The molecule has 12 heavy (non-hydrogen) atoms. The minimum atomic E-state index is -3.71. The molecule has 0 spiro atoms. The Labute approximate surface area is 90.8 Å². The van der Waals surface area contributed by atoms with Gasteiger partial charge in [0.15, 0.2) is 0 Å². The summed E-state index contributed by atoms with van der Waals surface area (Å²) >= 11 is 0. The first-order valence-corrected chi connectivity index (χ1v) is 5.62. The second-order valence-electron chi connectivity index (χ2n) is 2.70. The molecular weight excluding hydrogens is 188 g/mol. The Balaban J connectivity index is 0. The van der Waals surface area contributed by atoms with E-state index in [1.165, 1.54) is 0 Å². The Morgan fingerprint density at radius 2 is 1.58 bits per heavy atom. The van der Waals surface area contributed by atoms with Crippen LogP contribution in [0.3, 0.4) is 0 Å². The third-order valence-electron chi connectivity index (χ3n) is 1.51. The fraction of sp³-hybridized carbons (Fsp3) is 1.00. The average molecular weight is 205 g/mol. The van der Waals surface area contributed by atoms with Gasteiger partial charge in [-0.25, -0.2) is 0 Å². The summed E-state index contributed by atoms with van der Waals surface area (Å²) in [6.45, 7) is 2.10. The zero-order valence-corrected chi connectivity index (χ0v) is 9.85. The molecule has 0 bridgehead atoms. The first-order chi connectivity index (χ1) is 5.06. The Bertz CT molecular complexity index is 177. The Hall–Kier alpha value is 0.676. The Morgan fingerprint density at radius 3 is 2.00 bits per heavy atom. The molecule has 0 aliphatic rings. The normalized spacial score (nSPS) is 10.8. The molecule has 0 aromatic heterocycles. The summed E-state index contributed by atoms with van der Waals surface area (Å²) in [5.74, 6) is -0.0866. The summed E-state index contributed by atoms with van der Waals surface area (Å²) in [6, 6.07) is 0. The van der Waals surface area contributed by atoms with Gasteiger partial charge in [0, 0.05) is 0 Å². The Kier molecular flexibility index (Phi) is 10.5. The molecule has 0 aromatic carbocycles. The zero-order chi connectivity index (χ0) is 8.74. The first-order valence-electron chi connectivity index (χ1n) is 4.01. The molecular formula is C7H16MgO3S+2. The van der Waals surface area contributed by atoms with Gasteiger partial charge in [-0.1, -0.05) is 32.6 Å². The van der Waals surface area contributed by atoms with E-state index in [0.717, 1.165) is 25.7 Å². The maximum absolute atomic E-state index is 10.2. The first kappa shape index (κ1) is 15.2. The maximum Gasteiger partial charge on any atom is 2.00 e. The van der Waals surface area contributed by atoms with Crippen molar-refractivity contribution in [2.24, 2.45) is 0 Å². The van der Waals surface area contributed by atoms with Crippen LogP contribution < -0.4 is 0 Å². The summed E-state index contributed by atoms with van der Waals surface area (Å²) in [6.07, 6.45) is 4.83. The zero-order valence-electron chi connectivity index (χ0n) is 7.62. The molecule has 0 saturated heterocycles. The second-order valence-corrected chi connectivity index (χ2v) is 4.27. The van der Waals surface area contributed by atoms with Gasteiger partial charge in [-0.05, 0) is 6.42 Å². The van der Waals surface area contributed by atoms with Crippen LogP contribution in [0.15, 0.2) is 0 Å². The van der Waals surface area contributed by atoms with Crippen molar-refractivity contribution in [1.29, 1.82) is 0 Å². The van der Waals surface area contributed by atoms with Crippen LogP contribution in [0.4, 0.5) is 0 Å². The number of unbranched alkanes of at least 4 members (excludes halogenated alkanes) is 4. The molecule has 0 rings (SSSR count). The van der Waals surface area contributed by atoms with Gasteiger partial charge in [0.25, 0.3) is 10.1 Å². The van der Waals surface area contributed by atoms with Crippen molar-refractivity contribution >= 4 is 33.2 Å². The predicted molar refractivity (Wildman–Crippen MR) is 50.9 cm³/mol. The van der Waals surface area contributed by atoms with Gasteiger partial charge in [0.2, 0.25) is 0 Å². The molecule has 0 atom stereocenters. The van der Waals surface area contributed by atoms with Crippen LogP contribution in [0.5, 0.6) is 0 Å². The van der Waals surface area contributed by atoms with Gasteiger partial charge >= 0.3 is 23.1 Å². The average Bonchev–Trinajstić information content (AvgIpc) is 1.85. The fourth-order valence-electron chi connectivity index (χ4n) is 0.888. The number of hydrogen-bond acceptors (Lipinski definition) is 2. The largest absolute Gasteiger partial charge is 2.00 e. The van der Waals surface area contributed by atoms with Gasteiger partial charge in [-0.15, -0.1) is 0 Å². The van der Waals surface area contributed by atoms with Crippen molar-refractivity contribution in [3.8, 4) is 0 Å². The molecule has 0 aliphatic carbocycles. The minimum Gasteiger partial charge on any atom is -0.286 e. The van der Waals surface area contributed by atoms with E-state index in [1.807, 2.05) is 0 Å². The summed E-state index contributed by atoms with van der Waals surface area (Å²) in [7, 11) is -3.71. The van der Waals surface area contributed by atoms with Gasteiger partial charge in [-0.3, -0.25) is 4.55 Å². The number of rotatable bonds is 6. The van der Waals surface area contributed by atoms with E-state index < -0.39 is 10.1 Å². The molecule has 0 unspecified atom stereocenters. The van der Waals surface area contributed by atoms with E-state index >= 15 is 0 Å². The van der Waals surface area contributed by atoms with Crippen LogP contribution in [0.2, 0.25) is 0 Å². The SMILES string of the molecule is CCCCCCCS(=O)(=O)O.[Mg+2]. The van der Waals surface area contributed by atoms with E-state index in [9.17, 15) is 8.42 Å². The molecule has 0 heterocycles. The third-order valence-corrected chi connectivity index (χ3v) is 2.31. The van der Waals surface area contributed by atoms with Gasteiger partial charge in [0.1, 0.15) is 0 Å². The van der Waals surface area contributed by atoms with Crippen molar-refractivity contribution in [3.05, 3.63) is 0 Å². The van der Waals surface area contributed by atoms with Crippen LogP contribution in [0.25, 0.3) is 0 Å². The number of hydrogen-bond donors (Lipinski definition) is 1. The topological polar surface area (TPSA) is 54.4 Å². The monoisotopic (exact) mass is 204 g/mol. The maximum atomic E-state index is 10.2. The standard InChI is InChI=1S/C7H16O3S.Mg/c1-2-3-4-5-6-7-11(8,9)10;/h2-7H2,1H3,(H,8,9,10);/q;+2. The van der Waals surface area contributed by atoms with E-state index in [4.69, 9.17) is 4.55 Å². The molecule has 0 fully saturated rings.